The highest BCUT2D eigenvalue weighted by molar-refractivity contribution is 5.55. The standard InChI is InChI=1S/C12H13N/c1-9-12-6-2-4-10(12)8-11-5-3-7-13(9)11/h3,5,7-8H,2,4,6H2,1H3. The lowest BCUT2D eigenvalue weighted by Crippen LogP contribution is -1.96. The van der Waals surface area contributed by atoms with Crippen LogP contribution >= 0.6 is 0 Å². The van der Waals surface area contributed by atoms with E-state index in [4.69, 9.17) is 0 Å². The van der Waals surface area contributed by atoms with E-state index in [1.165, 1.54) is 30.5 Å². The number of hydrogen-bond acceptors (Lipinski definition) is 0. The average molecular weight is 171 g/mol. The number of nitrogens with zero attached hydrogens (tertiary/aromatic N) is 1. The van der Waals surface area contributed by atoms with Crippen LogP contribution in [-0.2, 0) is 12.8 Å². The van der Waals surface area contributed by atoms with Gasteiger partial charge in [-0.1, -0.05) is 0 Å². The van der Waals surface area contributed by atoms with E-state index in [9.17, 15) is 0 Å². The van der Waals surface area contributed by atoms with Gasteiger partial charge in [0.15, 0.2) is 0 Å². The van der Waals surface area contributed by atoms with Crippen LogP contribution in [-0.4, -0.2) is 4.40 Å². The van der Waals surface area contributed by atoms with Crippen molar-refractivity contribution in [2.24, 2.45) is 0 Å². The Balaban J connectivity index is 2.45. The fourth-order valence-corrected chi connectivity index (χ4v) is 2.48. The lowest BCUT2D eigenvalue weighted by molar-refractivity contribution is 0.904. The molecule has 1 heteroatoms. The Morgan fingerprint density at radius 2 is 2.23 bits per heavy atom. The number of rotatable bonds is 0. The van der Waals surface area contributed by atoms with Gasteiger partial charge in [0.1, 0.15) is 0 Å². The molecule has 0 saturated carbocycles. The average Bonchev–Trinajstić information content (AvgIpc) is 2.71. The fraction of sp³-hybridized carbons (Fsp3) is 0.333. The van der Waals surface area contributed by atoms with Crippen molar-refractivity contribution in [1.29, 1.82) is 0 Å². The fourth-order valence-electron chi connectivity index (χ4n) is 2.48. The Kier molecular flexibility index (Phi) is 1.32. The molecule has 2 heterocycles. The van der Waals surface area contributed by atoms with Gasteiger partial charge in [0.2, 0.25) is 0 Å². The second-order valence-corrected chi connectivity index (χ2v) is 3.89. The van der Waals surface area contributed by atoms with E-state index in [0.717, 1.165) is 0 Å². The summed E-state index contributed by atoms with van der Waals surface area (Å²) in [6, 6.07) is 6.65. The van der Waals surface area contributed by atoms with Crippen LogP contribution in [0.4, 0.5) is 0 Å². The van der Waals surface area contributed by atoms with Crippen LogP contribution in [0, 0.1) is 6.92 Å². The molecule has 2 aromatic heterocycles. The summed E-state index contributed by atoms with van der Waals surface area (Å²) in [5.74, 6) is 0. The Hall–Kier alpha value is -1.24. The van der Waals surface area contributed by atoms with Crippen LogP contribution in [0.25, 0.3) is 5.52 Å². The second kappa shape index (κ2) is 2.38. The molecule has 0 bridgehead atoms. The Labute approximate surface area is 78.0 Å². The van der Waals surface area contributed by atoms with Gasteiger partial charge >= 0.3 is 0 Å². The van der Waals surface area contributed by atoms with E-state index < -0.39 is 0 Å². The number of pyridine rings is 1. The molecule has 0 unspecified atom stereocenters. The molecule has 0 spiro atoms. The molecule has 0 radical (unpaired) electrons. The van der Waals surface area contributed by atoms with E-state index in [2.05, 4.69) is 35.7 Å². The maximum absolute atomic E-state index is 2.34. The smallest absolute Gasteiger partial charge is 0.0455 e. The van der Waals surface area contributed by atoms with E-state index >= 15 is 0 Å². The summed E-state index contributed by atoms with van der Waals surface area (Å²) in [7, 11) is 0. The number of hydrogen-bond donors (Lipinski definition) is 0. The first-order chi connectivity index (χ1) is 6.36. The summed E-state index contributed by atoms with van der Waals surface area (Å²) in [4.78, 5) is 0. The first-order valence-electron chi connectivity index (χ1n) is 4.95. The molecule has 0 atom stereocenters. The lowest BCUT2D eigenvalue weighted by atomic mass is 10.1. The molecule has 0 aliphatic heterocycles. The molecule has 0 N–H and O–H groups in total. The predicted octanol–water partition coefficient (Wildman–Crippen LogP) is 2.74. The minimum atomic E-state index is 1.27. The second-order valence-electron chi connectivity index (χ2n) is 3.89. The lowest BCUT2D eigenvalue weighted by Gasteiger charge is -2.07. The molecule has 0 aromatic carbocycles. The zero-order chi connectivity index (χ0) is 8.84. The van der Waals surface area contributed by atoms with Crippen molar-refractivity contribution >= 4 is 5.52 Å². The van der Waals surface area contributed by atoms with Gasteiger partial charge in [-0.05, 0) is 55.5 Å². The largest absolute Gasteiger partial charge is 0.321 e. The highest BCUT2D eigenvalue weighted by Crippen LogP contribution is 2.26. The first-order valence-corrected chi connectivity index (χ1v) is 4.95. The highest BCUT2D eigenvalue weighted by atomic mass is 14.9. The van der Waals surface area contributed by atoms with Gasteiger partial charge < -0.3 is 4.40 Å². The van der Waals surface area contributed by atoms with Gasteiger partial charge in [0.05, 0.1) is 0 Å². The molecule has 0 fully saturated rings. The van der Waals surface area contributed by atoms with Crippen molar-refractivity contribution in [3.05, 3.63) is 41.2 Å². The zero-order valence-electron chi connectivity index (χ0n) is 7.88. The molecule has 66 valence electrons. The van der Waals surface area contributed by atoms with Crippen LogP contribution < -0.4 is 0 Å². The van der Waals surface area contributed by atoms with E-state index in [0.29, 0.717) is 0 Å². The van der Waals surface area contributed by atoms with Crippen molar-refractivity contribution in [3.8, 4) is 0 Å². The van der Waals surface area contributed by atoms with Crippen LogP contribution in [0.2, 0.25) is 0 Å². The molecular formula is C12H13N. The van der Waals surface area contributed by atoms with Crippen molar-refractivity contribution in [2.45, 2.75) is 26.2 Å². The van der Waals surface area contributed by atoms with Crippen molar-refractivity contribution in [2.75, 3.05) is 0 Å². The van der Waals surface area contributed by atoms with Gasteiger partial charge in [-0.15, -0.1) is 0 Å². The molecule has 0 amide bonds. The molecule has 1 aliphatic rings. The Morgan fingerprint density at radius 3 is 3.15 bits per heavy atom. The molecule has 1 nitrogen and oxygen atoms in total. The first kappa shape index (κ1) is 7.19. The summed E-state index contributed by atoms with van der Waals surface area (Å²) < 4.78 is 2.30. The van der Waals surface area contributed by atoms with Gasteiger partial charge in [0, 0.05) is 17.4 Å². The third-order valence-electron chi connectivity index (χ3n) is 3.16. The quantitative estimate of drug-likeness (QED) is 0.574. The summed E-state index contributed by atoms with van der Waals surface area (Å²) in [6.45, 7) is 2.23. The molecule has 0 saturated heterocycles. The van der Waals surface area contributed by atoms with Gasteiger partial charge in [-0.3, -0.25) is 0 Å². The van der Waals surface area contributed by atoms with Crippen molar-refractivity contribution in [3.63, 3.8) is 0 Å². The Morgan fingerprint density at radius 1 is 1.31 bits per heavy atom. The van der Waals surface area contributed by atoms with E-state index in [-0.39, 0.29) is 0 Å². The van der Waals surface area contributed by atoms with Crippen LogP contribution in [0.5, 0.6) is 0 Å². The molecule has 2 aromatic rings. The van der Waals surface area contributed by atoms with Gasteiger partial charge in [0.25, 0.3) is 0 Å². The number of aromatic nitrogens is 1. The predicted molar refractivity (Wildman–Crippen MR) is 54.2 cm³/mol. The zero-order valence-corrected chi connectivity index (χ0v) is 7.88. The molecular weight excluding hydrogens is 158 g/mol. The topological polar surface area (TPSA) is 4.41 Å². The van der Waals surface area contributed by atoms with Crippen LogP contribution in [0.1, 0.15) is 23.2 Å². The van der Waals surface area contributed by atoms with Crippen LogP contribution in [0.15, 0.2) is 24.4 Å². The molecule has 3 rings (SSSR count). The monoisotopic (exact) mass is 171 g/mol. The summed E-state index contributed by atoms with van der Waals surface area (Å²) in [5.41, 5.74) is 5.94. The van der Waals surface area contributed by atoms with E-state index in [1.54, 1.807) is 11.1 Å². The van der Waals surface area contributed by atoms with E-state index in [1.807, 2.05) is 0 Å². The highest BCUT2D eigenvalue weighted by Gasteiger charge is 2.14. The third kappa shape index (κ3) is 0.873. The number of fused-ring (bicyclic) bond motifs is 2. The van der Waals surface area contributed by atoms with Crippen molar-refractivity contribution < 1.29 is 0 Å². The summed E-state index contributed by atoms with van der Waals surface area (Å²) in [5, 5.41) is 0. The number of aryl methyl sites for hydroxylation is 2. The van der Waals surface area contributed by atoms with Gasteiger partial charge in [-0.25, -0.2) is 0 Å². The summed E-state index contributed by atoms with van der Waals surface area (Å²) in [6.07, 6.45) is 6.04. The Bertz CT molecular complexity index is 465. The molecule has 1 aliphatic carbocycles. The minimum absolute atomic E-state index is 1.27. The van der Waals surface area contributed by atoms with Crippen molar-refractivity contribution in [1.82, 2.24) is 4.40 Å². The van der Waals surface area contributed by atoms with Gasteiger partial charge in [-0.2, -0.15) is 0 Å². The maximum atomic E-state index is 2.34. The maximum Gasteiger partial charge on any atom is 0.0455 e. The SMILES string of the molecule is Cc1c2c(cc3cccn13)CCC2. The third-order valence-corrected chi connectivity index (χ3v) is 3.16. The minimum Gasteiger partial charge on any atom is -0.321 e. The normalized spacial score (nSPS) is 15.2. The summed E-state index contributed by atoms with van der Waals surface area (Å²) >= 11 is 0. The van der Waals surface area contributed by atoms with Crippen LogP contribution in [0.3, 0.4) is 0 Å². The molecule has 13 heavy (non-hydrogen) atoms.